The number of aromatic nitrogens is 2. The maximum Gasteiger partial charge on any atom is 0.328 e. The smallest absolute Gasteiger partial charge is 0.328 e. The first kappa shape index (κ1) is 17.1. The van der Waals surface area contributed by atoms with E-state index in [2.05, 4.69) is 11.9 Å². The molecule has 0 aliphatic heterocycles. The van der Waals surface area contributed by atoms with Gasteiger partial charge in [0.25, 0.3) is 0 Å². The summed E-state index contributed by atoms with van der Waals surface area (Å²) in [6.45, 7) is 2.68. The second kappa shape index (κ2) is 7.83. The number of nitrogens with zero attached hydrogens (tertiary/aromatic N) is 2. The SMILES string of the molecule is CCCCc1nc(Cl)c(C=CC(=O)O)n1Cc1ccc(N)cc1. The lowest BCUT2D eigenvalue weighted by molar-refractivity contribution is -0.131. The fourth-order valence-corrected chi connectivity index (χ4v) is 2.56. The van der Waals surface area contributed by atoms with Crippen molar-refractivity contribution in [2.75, 3.05) is 5.73 Å². The number of anilines is 1. The highest BCUT2D eigenvalue weighted by Gasteiger charge is 2.14. The Kier molecular flexibility index (Phi) is 5.82. The molecular weight excluding hydrogens is 314 g/mol. The normalized spacial score (nSPS) is 11.2. The number of imidazole rings is 1. The zero-order chi connectivity index (χ0) is 16.8. The van der Waals surface area contributed by atoms with Crippen LogP contribution in [0.25, 0.3) is 6.08 Å². The summed E-state index contributed by atoms with van der Waals surface area (Å²) in [4.78, 5) is 15.2. The third-order valence-electron chi connectivity index (χ3n) is 3.50. The van der Waals surface area contributed by atoms with E-state index in [9.17, 15) is 4.79 Å². The lowest BCUT2D eigenvalue weighted by Gasteiger charge is -2.10. The largest absolute Gasteiger partial charge is 0.478 e. The number of carboxylic acids is 1. The summed E-state index contributed by atoms with van der Waals surface area (Å²) >= 11 is 6.21. The first-order valence-electron chi connectivity index (χ1n) is 7.51. The summed E-state index contributed by atoms with van der Waals surface area (Å²) in [7, 11) is 0. The van der Waals surface area contributed by atoms with E-state index in [0.717, 1.165) is 36.7 Å². The maximum atomic E-state index is 10.8. The highest BCUT2D eigenvalue weighted by Crippen LogP contribution is 2.22. The molecule has 1 heterocycles. The van der Waals surface area contributed by atoms with Crippen LogP contribution in [0.15, 0.2) is 30.3 Å². The molecule has 3 N–H and O–H groups in total. The molecule has 0 atom stereocenters. The van der Waals surface area contributed by atoms with Crippen molar-refractivity contribution in [3.63, 3.8) is 0 Å². The van der Waals surface area contributed by atoms with Gasteiger partial charge in [0.2, 0.25) is 0 Å². The summed E-state index contributed by atoms with van der Waals surface area (Å²) < 4.78 is 1.96. The van der Waals surface area contributed by atoms with E-state index in [4.69, 9.17) is 22.4 Å². The molecule has 1 aromatic carbocycles. The molecule has 0 saturated carbocycles. The molecule has 2 rings (SSSR count). The van der Waals surface area contributed by atoms with Gasteiger partial charge in [0.05, 0.1) is 5.69 Å². The molecular formula is C17H20ClN3O2. The summed E-state index contributed by atoms with van der Waals surface area (Å²) in [5.74, 6) is -0.157. The summed E-state index contributed by atoms with van der Waals surface area (Å²) in [6, 6.07) is 7.56. The van der Waals surface area contributed by atoms with E-state index in [-0.39, 0.29) is 0 Å². The number of rotatable bonds is 7. The summed E-state index contributed by atoms with van der Waals surface area (Å²) in [5.41, 5.74) is 8.08. The lowest BCUT2D eigenvalue weighted by atomic mass is 10.2. The van der Waals surface area contributed by atoms with Gasteiger partial charge in [-0.25, -0.2) is 9.78 Å². The molecule has 0 unspecified atom stereocenters. The second-order valence-corrected chi connectivity index (χ2v) is 5.66. The number of carboxylic acid groups (broad SMARTS) is 1. The minimum Gasteiger partial charge on any atom is -0.478 e. The number of unbranched alkanes of at least 4 members (excludes halogenated alkanes) is 1. The van der Waals surface area contributed by atoms with Crippen molar-refractivity contribution in [2.24, 2.45) is 0 Å². The van der Waals surface area contributed by atoms with Gasteiger partial charge in [0.1, 0.15) is 5.82 Å². The van der Waals surface area contributed by atoms with E-state index >= 15 is 0 Å². The lowest BCUT2D eigenvalue weighted by Crippen LogP contribution is -2.07. The Morgan fingerprint density at radius 2 is 2.09 bits per heavy atom. The zero-order valence-corrected chi connectivity index (χ0v) is 13.8. The molecule has 0 fully saturated rings. The third-order valence-corrected chi connectivity index (χ3v) is 3.78. The Bertz CT molecular complexity index is 705. The minimum atomic E-state index is -1.02. The van der Waals surface area contributed by atoms with Gasteiger partial charge in [-0.15, -0.1) is 0 Å². The number of hydrogen-bond donors (Lipinski definition) is 2. The zero-order valence-electron chi connectivity index (χ0n) is 13.0. The Balaban J connectivity index is 2.39. The van der Waals surface area contributed by atoms with Crippen LogP contribution >= 0.6 is 11.6 Å². The van der Waals surface area contributed by atoms with Gasteiger partial charge in [0.15, 0.2) is 5.15 Å². The first-order chi connectivity index (χ1) is 11.0. The van der Waals surface area contributed by atoms with E-state index in [0.29, 0.717) is 23.1 Å². The van der Waals surface area contributed by atoms with Crippen molar-refractivity contribution in [1.29, 1.82) is 0 Å². The van der Waals surface area contributed by atoms with Crippen molar-refractivity contribution in [1.82, 2.24) is 9.55 Å². The van der Waals surface area contributed by atoms with Crippen LogP contribution in [0.4, 0.5) is 5.69 Å². The molecule has 6 heteroatoms. The van der Waals surface area contributed by atoms with Gasteiger partial charge in [-0.05, 0) is 30.2 Å². The molecule has 0 aliphatic carbocycles. The third kappa shape index (κ3) is 4.60. The predicted molar refractivity (Wildman–Crippen MR) is 92.5 cm³/mol. The second-order valence-electron chi connectivity index (χ2n) is 5.31. The van der Waals surface area contributed by atoms with E-state index in [1.165, 1.54) is 6.08 Å². The molecule has 0 radical (unpaired) electrons. The van der Waals surface area contributed by atoms with Crippen molar-refractivity contribution in [2.45, 2.75) is 32.7 Å². The highest BCUT2D eigenvalue weighted by molar-refractivity contribution is 6.30. The molecule has 5 nitrogen and oxygen atoms in total. The van der Waals surface area contributed by atoms with E-state index in [1.807, 2.05) is 28.8 Å². The Hall–Kier alpha value is -2.27. The molecule has 23 heavy (non-hydrogen) atoms. The Morgan fingerprint density at radius 3 is 2.70 bits per heavy atom. The van der Waals surface area contributed by atoms with Gasteiger partial charge in [0, 0.05) is 24.7 Å². The number of carbonyl (C=O) groups is 1. The van der Waals surface area contributed by atoms with E-state index in [1.54, 1.807) is 0 Å². The van der Waals surface area contributed by atoms with Crippen molar-refractivity contribution < 1.29 is 9.90 Å². The number of aryl methyl sites for hydroxylation is 1. The molecule has 1 aromatic heterocycles. The number of hydrogen-bond acceptors (Lipinski definition) is 3. The summed E-state index contributed by atoms with van der Waals surface area (Å²) in [5, 5.41) is 9.17. The van der Waals surface area contributed by atoms with Gasteiger partial charge in [-0.2, -0.15) is 0 Å². The van der Waals surface area contributed by atoms with Crippen LogP contribution in [0.2, 0.25) is 5.15 Å². The number of aliphatic carboxylic acids is 1. The summed E-state index contributed by atoms with van der Waals surface area (Å²) in [6.07, 6.45) is 5.41. The number of benzene rings is 1. The van der Waals surface area contributed by atoms with Crippen LogP contribution in [0.5, 0.6) is 0 Å². The van der Waals surface area contributed by atoms with Crippen molar-refractivity contribution >= 4 is 29.3 Å². The van der Waals surface area contributed by atoms with Gasteiger partial charge in [-0.3, -0.25) is 0 Å². The molecule has 0 saturated heterocycles. The van der Waals surface area contributed by atoms with Crippen LogP contribution in [0.1, 0.15) is 36.8 Å². The van der Waals surface area contributed by atoms with E-state index < -0.39 is 5.97 Å². The van der Waals surface area contributed by atoms with Crippen LogP contribution in [0.3, 0.4) is 0 Å². The highest BCUT2D eigenvalue weighted by atomic mass is 35.5. The minimum absolute atomic E-state index is 0.323. The fraction of sp³-hybridized carbons (Fsp3) is 0.294. The van der Waals surface area contributed by atoms with Crippen molar-refractivity contribution in [3.05, 3.63) is 52.6 Å². The monoisotopic (exact) mass is 333 g/mol. The maximum absolute atomic E-state index is 10.8. The number of nitrogens with two attached hydrogens (primary N) is 1. The molecule has 2 aromatic rings. The van der Waals surface area contributed by atoms with Crippen molar-refractivity contribution in [3.8, 4) is 0 Å². The number of nitrogen functional groups attached to an aromatic ring is 1. The molecule has 0 bridgehead atoms. The van der Waals surface area contributed by atoms with Crippen LogP contribution in [-0.2, 0) is 17.8 Å². The predicted octanol–water partition coefficient (Wildman–Crippen LogP) is 3.61. The van der Waals surface area contributed by atoms with Crippen LogP contribution in [-0.4, -0.2) is 20.6 Å². The molecule has 0 aliphatic rings. The average molecular weight is 334 g/mol. The molecule has 0 amide bonds. The molecule has 0 spiro atoms. The van der Waals surface area contributed by atoms with Gasteiger partial charge >= 0.3 is 5.97 Å². The Labute approximate surface area is 140 Å². The Morgan fingerprint density at radius 1 is 1.39 bits per heavy atom. The topological polar surface area (TPSA) is 81.1 Å². The van der Waals surface area contributed by atoms with Crippen LogP contribution < -0.4 is 5.73 Å². The van der Waals surface area contributed by atoms with Gasteiger partial charge in [-0.1, -0.05) is 37.1 Å². The molecule has 122 valence electrons. The van der Waals surface area contributed by atoms with Gasteiger partial charge < -0.3 is 15.4 Å². The number of halogens is 1. The van der Waals surface area contributed by atoms with Crippen LogP contribution in [0, 0.1) is 0 Å². The average Bonchev–Trinajstić information content (AvgIpc) is 2.80. The fourth-order valence-electron chi connectivity index (χ4n) is 2.30. The quantitative estimate of drug-likeness (QED) is 0.599. The standard InChI is InChI=1S/C17H20ClN3O2/c1-2-3-4-15-20-17(18)14(9-10-16(22)23)21(15)11-12-5-7-13(19)8-6-12/h5-10H,2-4,11,19H2,1H3,(H,22,23). The first-order valence-corrected chi connectivity index (χ1v) is 7.89.